The second kappa shape index (κ2) is 4.48. The van der Waals surface area contributed by atoms with E-state index in [9.17, 15) is 10.0 Å². The van der Waals surface area contributed by atoms with E-state index in [2.05, 4.69) is 15.9 Å². The van der Waals surface area contributed by atoms with E-state index in [0.717, 1.165) is 0 Å². The van der Waals surface area contributed by atoms with Crippen LogP contribution in [0.15, 0.2) is 24.3 Å². The first-order valence-corrected chi connectivity index (χ1v) is 4.70. The number of para-hydroxylation sites is 1. The fraction of sp³-hybridized carbons (Fsp3) is 0.125. The Balaban J connectivity index is 3.12. The van der Waals surface area contributed by atoms with Crippen molar-refractivity contribution >= 4 is 27.4 Å². The Hall–Kier alpha value is -0.750. The Labute approximate surface area is 83.4 Å². The van der Waals surface area contributed by atoms with Crippen LogP contribution in [0, 0.1) is 5.21 Å². The molecule has 0 amide bonds. The fourth-order valence-electron chi connectivity index (χ4n) is 0.985. The molecule has 1 atom stereocenters. The van der Waals surface area contributed by atoms with Crippen molar-refractivity contribution in [1.82, 2.24) is 0 Å². The Morgan fingerprint density at radius 1 is 1.54 bits per heavy atom. The summed E-state index contributed by atoms with van der Waals surface area (Å²) in [4.78, 5) is 11.2. The second-order valence-corrected chi connectivity index (χ2v) is 2.97. The van der Waals surface area contributed by atoms with Gasteiger partial charge in [-0.3, -0.25) is 4.79 Å². The number of ketones is 1. The first kappa shape index (κ1) is 10.3. The van der Waals surface area contributed by atoms with Gasteiger partial charge in [-0.1, -0.05) is 28.1 Å². The van der Waals surface area contributed by atoms with Crippen molar-refractivity contribution in [3.8, 4) is 0 Å². The lowest BCUT2D eigenvalue weighted by atomic mass is 10.1. The van der Waals surface area contributed by atoms with Gasteiger partial charge in [0.05, 0.1) is 10.9 Å². The van der Waals surface area contributed by atoms with E-state index in [0.29, 0.717) is 0 Å². The minimum absolute atomic E-state index is 0.0481. The molecule has 5 heteroatoms. The summed E-state index contributed by atoms with van der Waals surface area (Å²) in [5, 5.41) is 18.5. The molecule has 1 rings (SSSR count). The van der Waals surface area contributed by atoms with Crippen LogP contribution in [-0.4, -0.2) is 16.3 Å². The number of halogens is 1. The summed E-state index contributed by atoms with van der Waals surface area (Å²) >= 11 is 2.99. The highest BCUT2D eigenvalue weighted by atomic mass is 79.9. The van der Waals surface area contributed by atoms with Crippen molar-refractivity contribution in [3.63, 3.8) is 0 Å². The molecular formula is C8H8BrNO3. The third kappa shape index (κ3) is 2.35. The van der Waals surface area contributed by atoms with Crippen molar-refractivity contribution in [2.24, 2.45) is 0 Å². The molecule has 0 aromatic heterocycles. The van der Waals surface area contributed by atoms with Crippen LogP contribution < -0.4 is 5.23 Å². The molecule has 0 fully saturated rings. The van der Waals surface area contributed by atoms with E-state index in [1.54, 1.807) is 12.1 Å². The predicted octanol–water partition coefficient (Wildman–Crippen LogP) is 0.668. The number of Topliss-reactive ketones (excluding diaryl/α,β-unsaturated/α-hetero) is 1. The lowest BCUT2D eigenvalue weighted by molar-refractivity contribution is -0.991. The van der Waals surface area contributed by atoms with E-state index in [-0.39, 0.29) is 22.4 Å². The molecule has 0 aliphatic rings. The third-order valence-corrected chi connectivity index (χ3v) is 2.09. The molecule has 0 radical (unpaired) electrons. The van der Waals surface area contributed by atoms with Gasteiger partial charge in [0.1, 0.15) is 0 Å². The van der Waals surface area contributed by atoms with Gasteiger partial charge >= 0.3 is 0 Å². The zero-order valence-electron chi connectivity index (χ0n) is 6.66. The van der Waals surface area contributed by atoms with Crippen molar-refractivity contribution in [3.05, 3.63) is 35.0 Å². The quantitative estimate of drug-likeness (QED) is 0.468. The highest BCUT2D eigenvalue weighted by Crippen LogP contribution is 2.11. The predicted molar refractivity (Wildman–Crippen MR) is 50.3 cm³/mol. The standard InChI is InChI=1S/C8H8BrNO3/c9-5-8(11)6-3-1-2-4-7(6)10(12)13/h1-4,10,12H,5H2. The van der Waals surface area contributed by atoms with Gasteiger partial charge in [0.15, 0.2) is 11.5 Å². The highest BCUT2D eigenvalue weighted by molar-refractivity contribution is 9.09. The lowest BCUT2D eigenvalue weighted by Gasteiger charge is -2.13. The van der Waals surface area contributed by atoms with Crippen LogP contribution >= 0.6 is 15.9 Å². The summed E-state index contributed by atoms with van der Waals surface area (Å²) in [6.07, 6.45) is 0. The molecule has 0 aliphatic heterocycles. The number of carbonyl (C=O) groups excluding carboxylic acids is 1. The normalized spacial score (nSPS) is 12.5. The summed E-state index contributed by atoms with van der Waals surface area (Å²) in [6, 6.07) is 6.15. The molecule has 0 aliphatic carbocycles. The zero-order valence-corrected chi connectivity index (χ0v) is 8.24. The maximum atomic E-state index is 11.2. The van der Waals surface area contributed by atoms with Gasteiger partial charge in [0.25, 0.3) is 0 Å². The van der Waals surface area contributed by atoms with Gasteiger partial charge in [-0.25, -0.2) is 5.21 Å². The van der Waals surface area contributed by atoms with E-state index in [1.807, 2.05) is 0 Å². The minimum Gasteiger partial charge on any atom is -0.595 e. The molecular weight excluding hydrogens is 238 g/mol. The third-order valence-electron chi connectivity index (χ3n) is 1.58. The van der Waals surface area contributed by atoms with Crippen molar-refractivity contribution in [2.45, 2.75) is 0 Å². The largest absolute Gasteiger partial charge is 0.595 e. The van der Waals surface area contributed by atoms with Crippen LogP contribution in [0.1, 0.15) is 10.4 Å². The Bertz CT molecular complexity index is 314. The van der Waals surface area contributed by atoms with E-state index < -0.39 is 5.23 Å². The molecule has 0 saturated heterocycles. The van der Waals surface area contributed by atoms with Crippen molar-refractivity contribution in [1.29, 1.82) is 0 Å². The number of rotatable bonds is 3. The zero-order chi connectivity index (χ0) is 9.84. The summed E-state index contributed by atoms with van der Waals surface area (Å²) in [5.41, 5.74) is 0.291. The second-order valence-electron chi connectivity index (χ2n) is 2.41. The molecule has 1 aromatic rings. The molecule has 0 saturated carbocycles. The van der Waals surface area contributed by atoms with Crippen molar-refractivity contribution < 1.29 is 15.2 Å². The molecule has 0 bridgehead atoms. The maximum Gasteiger partial charge on any atom is 0.179 e. The number of alkyl halides is 1. The number of hydrogen-bond donors (Lipinski definition) is 2. The van der Waals surface area contributed by atoms with Crippen LogP contribution in [0.4, 0.5) is 5.69 Å². The minimum atomic E-state index is -1.08. The Morgan fingerprint density at radius 3 is 2.69 bits per heavy atom. The van der Waals surface area contributed by atoms with Gasteiger partial charge in [-0.15, -0.1) is 0 Å². The molecule has 0 spiro atoms. The Kier molecular flexibility index (Phi) is 3.56. The Morgan fingerprint density at radius 2 is 2.15 bits per heavy atom. The van der Waals surface area contributed by atoms with E-state index in [4.69, 9.17) is 5.21 Å². The van der Waals surface area contributed by atoms with Gasteiger partial charge < -0.3 is 5.21 Å². The average molecular weight is 246 g/mol. The fourth-order valence-corrected chi connectivity index (χ4v) is 1.29. The van der Waals surface area contributed by atoms with E-state index in [1.165, 1.54) is 12.1 Å². The SMILES string of the molecule is O=C(CBr)c1ccccc1[NH+]([O-])O. The smallest absolute Gasteiger partial charge is 0.179 e. The van der Waals surface area contributed by atoms with Crippen LogP contribution in [-0.2, 0) is 0 Å². The summed E-state index contributed by atoms with van der Waals surface area (Å²) in [6.45, 7) is 0. The lowest BCUT2D eigenvalue weighted by Crippen LogP contribution is -2.99. The molecule has 70 valence electrons. The first-order valence-electron chi connectivity index (χ1n) is 3.58. The average Bonchev–Trinajstić information content (AvgIpc) is 2.16. The number of hydrogen-bond acceptors (Lipinski definition) is 3. The summed E-state index contributed by atoms with van der Waals surface area (Å²) in [7, 11) is 0. The number of benzene rings is 1. The number of carbonyl (C=O) groups is 1. The van der Waals surface area contributed by atoms with Gasteiger partial charge in [0, 0.05) is 6.07 Å². The topological polar surface area (TPSA) is 64.8 Å². The molecule has 13 heavy (non-hydrogen) atoms. The molecule has 1 unspecified atom stereocenters. The molecule has 4 nitrogen and oxygen atoms in total. The van der Waals surface area contributed by atoms with Gasteiger partial charge in [-0.05, 0) is 6.07 Å². The summed E-state index contributed by atoms with van der Waals surface area (Å²) in [5.74, 6) is -0.224. The van der Waals surface area contributed by atoms with Gasteiger partial charge in [0.2, 0.25) is 0 Å². The first-order chi connectivity index (χ1) is 6.16. The molecule has 0 heterocycles. The van der Waals surface area contributed by atoms with Crippen LogP contribution in [0.2, 0.25) is 0 Å². The number of quaternary nitrogens is 1. The molecule has 1 aromatic carbocycles. The van der Waals surface area contributed by atoms with Crippen molar-refractivity contribution in [2.75, 3.05) is 5.33 Å². The maximum absolute atomic E-state index is 11.2. The van der Waals surface area contributed by atoms with Crippen LogP contribution in [0.25, 0.3) is 0 Å². The van der Waals surface area contributed by atoms with E-state index >= 15 is 0 Å². The molecule has 2 N–H and O–H groups in total. The number of nitrogens with one attached hydrogen (secondary N) is 1. The monoisotopic (exact) mass is 245 g/mol. The van der Waals surface area contributed by atoms with Crippen LogP contribution in [0.5, 0.6) is 0 Å². The van der Waals surface area contributed by atoms with Gasteiger partial charge in [-0.2, -0.15) is 5.23 Å². The highest BCUT2D eigenvalue weighted by Gasteiger charge is 2.13. The van der Waals surface area contributed by atoms with Crippen LogP contribution in [0.3, 0.4) is 0 Å². The summed E-state index contributed by atoms with van der Waals surface area (Å²) < 4.78 is 0.